The summed E-state index contributed by atoms with van der Waals surface area (Å²) in [5.74, 6) is 0. The van der Waals surface area contributed by atoms with Gasteiger partial charge < -0.3 is 14.8 Å². The van der Waals surface area contributed by atoms with Gasteiger partial charge in [-0.15, -0.1) is 0 Å². The highest BCUT2D eigenvalue weighted by Crippen LogP contribution is 2.29. The van der Waals surface area contributed by atoms with Crippen LogP contribution in [0, 0.1) is 0 Å². The normalized spacial score (nSPS) is 24.3. The van der Waals surface area contributed by atoms with E-state index in [1.54, 1.807) is 0 Å². The van der Waals surface area contributed by atoms with E-state index in [0.29, 0.717) is 6.04 Å². The van der Waals surface area contributed by atoms with Crippen LogP contribution in [0.5, 0.6) is 0 Å². The molecule has 1 N–H and O–H groups in total. The minimum atomic E-state index is 0.257. The van der Waals surface area contributed by atoms with E-state index in [2.05, 4.69) is 47.6 Å². The van der Waals surface area contributed by atoms with Crippen LogP contribution in [0.2, 0.25) is 0 Å². The van der Waals surface area contributed by atoms with Gasteiger partial charge in [0.05, 0.1) is 6.33 Å². The lowest BCUT2D eigenvalue weighted by Gasteiger charge is -2.26. The molecule has 0 spiro atoms. The maximum Gasteiger partial charge on any atom is 0.0948 e. The van der Waals surface area contributed by atoms with Crippen LogP contribution < -0.4 is 5.32 Å². The van der Waals surface area contributed by atoms with Crippen molar-refractivity contribution in [3.8, 4) is 0 Å². The standard InChI is InChI=1S/C14H26N4/c1-12(2)17(4)7-8-18-11-16-9-13(18)14(3)5-6-15-10-14/h9,11-12,15H,5-8,10H2,1-4H3. The van der Waals surface area contributed by atoms with Gasteiger partial charge in [0, 0.05) is 43.0 Å². The molecule has 1 aliphatic rings. The molecule has 0 bridgehead atoms. The first-order valence-corrected chi connectivity index (χ1v) is 6.94. The van der Waals surface area contributed by atoms with E-state index in [-0.39, 0.29) is 5.41 Å². The summed E-state index contributed by atoms with van der Waals surface area (Å²) >= 11 is 0. The monoisotopic (exact) mass is 250 g/mol. The van der Waals surface area contributed by atoms with Crippen LogP contribution >= 0.6 is 0 Å². The SMILES string of the molecule is CC(C)N(C)CCn1cncc1C1(C)CCNC1. The van der Waals surface area contributed by atoms with E-state index < -0.39 is 0 Å². The minimum Gasteiger partial charge on any atom is -0.333 e. The zero-order valence-corrected chi connectivity index (χ0v) is 12.1. The number of hydrogen-bond acceptors (Lipinski definition) is 3. The van der Waals surface area contributed by atoms with Gasteiger partial charge in [-0.25, -0.2) is 4.98 Å². The third-order valence-electron chi connectivity index (χ3n) is 4.27. The predicted octanol–water partition coefficient (Wildman–Crippen LogP) is 1.47. The fourth-order valence-electron chi connectivity index (χ4n) is 2.56. The van der Waals surface area contributed by atoms with E-state index in [1.807, 2.05) is 12.5 Å². The number of hydrogen-bond donors (Lipinski definition) is 1. The lowest BCUT2D eigenvalue weighted by molar-refractivity contribution is 0.260. The lowest BCUT2D eigenvalue weighted by Crippen LogP contribution is -2.32. The van der Waals surface area contributed by atoms with Crippen molar-refractivity contribution in [1.29, 1.82) is 0 Å². The average Bonchev–Trinajstić information content (AvgIpc) is 2.94. The fourth-order valence-corrected chi connectivity index (χ4v) is 2.56. The van der Waals surface area contributed by atoms with Crippen molar-refractivity contribution in [1.82, 2.24) is 19.8 Å². The molecule has 0 aliphatic carbocycles. The van der Waals surface area contributed by atoms with Gasteiger partial charge in [0.1, 0.15) is 0 Å². The van der Waals surface area contributed by atoms with Gasteiger partial charge in [-0.3, -0.25) is 0 Å². The van der Waals surface area contributed by atoms with Crippen LogP contribution in [0.15, 0.2) is 12.5 Å². The van der Waals surface area contributed by atoms with Crippen molar-refractivity contribution in [3.63, 3.8) is 0 Å². The molecule has 1 aromatic rings. The topological polar surface area (TPSA) is 33.1 Å². The summed E-state index contributed by atoms with van der Waals surface area (Å²) in [6.07, 6.45) is 5.23. The van der Waals surface area contributed by atoms with Crippen LogP contribution in [0.3, 0.4) is 0 Å². The van der Waals surface area contributed by atoms with E-state index in [1.165, 1.54) is 12.1 Å². The van der Waals surface area contributed by atoms with Crippen molar-refractivity contribution in [2.75, 3.05) is 26.7 Å². The zero-order valence-electron chi connectivity index (χ0n) is 12.1. The van der Waals surface area contributed by atoms with Crippen LogP contribution in [-0.4, -0.2) is 47.2 Å². The Bertz CT molecular complexity index is 377. The molecule has 1 atom stereocenters. The van der Waals surface area contributed by atoms with Crippen LogP contribution in [-0.2, 0) is 12.0 Å². The highest BCUT2D eigenvalue weighted by Gasteiger charge is 2.33. The molecule has 2 heterocycles. The third-order valence-corrected chi connectivity index (χ3v) is 4.27. The van der Waals surface area contributed by atoms with Crippen molar-refractivity contribution in [2.45, 2.75) is 45.2 Å². The number of imidazole rings is 1. The number of nitrogens with zero attached hydrogens (tertiary/aromatic N) is 3. The summed E-state index contributed by atoms with van der Waals surface area (Å²) in [6.45, 7) is 11.1. The summed E-state index contributed by atoms with van der Waals surface area (Å²) in [5, 5.41) is 3.46. The third kappa shape index (κ3) is 2.75. The molecule has 0 radical (unpaired) electrons. The summed E-state index contributed by atoms with van der Waals surface area (Å²) in [4.78, 5) is 6.73. The fraction of sp³-hybridized carbons (Fsp3) is 0.786. The Morgan fingerprint density at radius 3 is 2.94 bits per heavy atom. The molecule has 0 aromatic carbocycles. The molecule has 18 heavy (non-hydrogen) atoms. The quantitative estimate of drug-likeness (QED) is 0.859. The first-order chi connectivity index (χ1) is 8.53. The average molecular weight is 250 g/mol. The van der Waals surface area contributed by atoms with Gasteiger partial charge in [0.25, 0.3) is 0 Å². The molecule has 4 nitrogen and oxygen atoms in total. The zero-order chi connectivity index (χ0) is 13.2. The van der Waals surface area contributed by atoms with Gasteiger partial charge in [-0.05, 0) is 33.9 Å². The molecule has 1 saturated heterocycles. The van der Waals surface area contributed by atoms with E-state index >= 15 is 0 Å². The second-order valence-corrected chi connectivity index (χ2v) is 6.03. The van der Waals surface area contributed by atoms with Crippen LogP contribution in [0.1, 0.15) is 32.9 Å². The highest BCUT2D eigenvalue weighted by atomic mass is 15.2. The first-order valence-electron chi connectivity index (χ1n) is 6.94. The van der Waals surface area contributed by atoms with Crippen LogP contribution in [0.25, 0.3) is 0 Å². The highest BCUT2D eigenvalue weighted by molar-refractivity contribution is 5.17. The van der Waals surface area contributed by atoms with Gasteiger partial charge in [-0.2, -0.15) is 0 Å². The molecule has 1 aliphatic heterocycles. The van der Waals surface area contributed by atoms with Gasteiger partial charge >= 0.3 is 0 Å². The molecule has 0 amide bonds. The lowest BCUT2D eigenvalue weighted by atomic mass is 9.86. The predicted molar refractivity (Wildman–Crippen MR) is 74.8 cm³/mol. The Hall–Kier alpha value is -0.870. The number of nitrogens with one attached hydrogen (secondary N) is 1. The minimum absolute atomic E-state index is 0.257. The van der Waals surface area contributed by atoms with Crippen molar-refractivity contribution in [3.05, 3.63) is 18.2 Å². The van der Waals surface area contributed by atoms with E-state index in [9.17, 15) is 0 Å². The molecular weight excluding hydrogens is 224 g/mol. The number of aromatic nitrogens is 2. The Kier molecular flexibility index (Phi) is 4.07. The van der Waals surface area contributed by atoms with E-state index in [4.69, 9.17) is 0 Å². The first kappa shape index (κ1) is 13.6. The van der Waals surface area contributed by atoms with Gasteiger partial charge in [0.2, 0.25) is 0 Å². The van der Waals surface area contributed by atoms with Crippen molar-refractivity contribution < 1.29 is 0 Å². The molecule has 0 saturated carbocycles. The maximum absolute atomic E-state index is 4.35. The molecule has 1 aromatic heterocycles. The number of rotatable bonds is 5. The Morgan fingerprint density at radius 1 is 1.56 bits per heavy atom. The van der Waals surface area contributed by atoms with Crippen molar-refractivity contribution in [2.24, 2.45) is 0 Å². The van der Waals surface area contributed by atoms with Gasteiger partial charge in [-0.1, -0.05) is 6.92 Å². The molecule has 1 fully saturated rings. The molecule has 2 rings (SSSR count). The molecule has 1 unspecified atom stereocenters. The molecular formula is C14H26N4. The van der Waals surface area contributed by atoms with E-state index in [0.717, 1.165) is 26.2 Å². The summed E-state index contributed by atoms with van der Waals surface area (Å²) in [5.41, 5.74) is 1.64. The Balaban J connectivity index is 2.04. The second kappa shape index (κ2) is 5.41. The van der Waals surface area contributed by atoms with Crippen molar-refractivity contribution >= 4 is 0 Å². The molecule has 102 valence electrons. The Morgan fingerprint density at radius 2 is 2.33 bits per heavy atom. The summed E-state index contributed by atoms with van der Waals surface area (Å²) in [6, 6.07) is 0.598. The second-order valence-electron chi connectivity index (χ2n) is 6.03. The summed E-state index contributed by atoms with van der Waals surface area (Å²) in [7, 11) is 2.18. The largest absolute Gasteiger partial charge is 0.333 e. The molecule has 4 heteroatoms. The Labute approximate surface area is 110 Å². The number of likely N-dealkylation sites (N-methyl/N-ethyl adjacent to an activating group) is 1. The maximum atomic E-state index is 4.35. The summed E-state index contributed by atoms with van der Waals surface area (Å²) < 4.78 is 2.33. The smallest absolute Gasteiger partial charge is 0.0948 e. The van der Waals surface area contributed by atoms with Gasteiger partial charge in [0.15, 0.2) is 0 Å². The van der Waals surface area contributed by atoms with Crippen LogP contribution in [0.4, 0.5) is 0 Å².